The van der Waals surface area contributed by atoms with Crippen molar-refractivity contribution in [3.8, 4) is 34.2 Å². The van der Waals surface area contributed by atoms with Crippen molar-refractivity contribution in [2.45, 2.75) is 0 Å². The minimum Gasteiger partial charge on any atom is -0.382 e. The fourth-order valence-corrected chi connectivity index (χ4v) is 2.24. The van der Waals surface area contributed by atoms with Crippen molar-refractivity contribution in [3.63, 3.8) is 0 Å². The first-order valence-electron chi connectivity index (χ1n) is 7.23. The Kier molecular flexibility index (Phi) is 3.43. The zero-order chi connectivity index (χ0) is 16.4. The minimum absolute atomic E-state index is 0.244. The van der Waals surface area contributed by atoms with E-state index in [9.17, 15) is 0 Å². The molecule has 7 nitrogen and oxygen atoms in total. The van der Waals surface area contributed by atoms with Gasteiger partial charge in [0.05, 0.1) is 11.9 Å². The molecule has 116 valence electrons. The van der Waals surface area contributed by atoms with E-state index in [1.807, 2.05) is 42.5 Å². The molecule has 24 heavy (non-hydrogen) atoms. The number of rotatable bonds is 3. The quantitative estimate of drug-likeness (QED) is 0.619. The summed E-state index contributed by atoms with van der Waals surface area (Å²) in [5, 5.41) is 3.98. The van der Waals surface area contributed by atoms with Crippen LogP contribution >= 0.6 is 0 Å². The van der Waals surface area contributed by atoms with Gasteiger partial charge in [-0.15, -0.1) is 0 Å². The van der Waals surface area contributed by atoms with E-state index in [2.05, 4.69) is 25.1 Å². The van der Waals surface area contributed by atoms with Gasteiger partial charge in [-0.05, 0) is 24.3 Å². The molecule has 0 fully saturated rings. The average Bonchev–Trinajstić information content (AvgIpc) is 3.13. The Balaban J connectivity index is 1.76. The molecule has 4 rings (SSSR count). The van der Waals surface area contributed by atoms with E-state index in [1.54, 1.807) is 18.6 Å². The van der Waals surface area contributed by atoms with Crippen LogP contribution < -0.4 is 5.73 Å². The number of hydrogen-bond acceptors (Lipinski definition) is 7. The van der Waals surface area contributed by atoms with Gasteiger partial charge in [0.1, 0.15) is 0 Å². The van der Waals surface area contributed by atoms with Crippen molar-refractivity contribution in [1.82, 2.24) is 25.1 Å². The van der Waals surface area contributed by atoms with Gasteiger partial charge in [0.25, 0.3) is 5.89 Å². The number of anilines is 1. The standard InChI is InChI=1S/C17H12N6O/c18-15-14(21-13(10-20-15)11-6-8-19-9-7-11)16-22-17(24-23-16)12-4-2-1-3-5-12/h1-10H,(H2,18,20). The van der Waals surface area contributed by atoms with Crippen molar-refractivity contribution in [2.75, 3.05) is 5.73 Å². The van der Waals surface area contributed by atoms with Gasteiger partial charge in [-0.3, -0.25) is 4.98 Å². The molecule has 0 aliphatic heterocycles. The van der Waals surface area contributed by atoms with Crippen LogP contribution in [0, 0.1) is 0 Å². The molecule has 2 N–H and O–H groups in total. The van der Waals surface area contributed by atoms with Crippen molar-refractivity contribution < 1.29 is 4.52 Å². The summed E-state index contributed by atoms with van der Waals surface area (Å²) in [7, 11) is 0. The van der Waals surface area contributed by atoms with E-state index in [1.165, 1.54) is 0 Å². The predicted molar refractivity (Wildman–Crippen MR) is 88.4 cm³/mol. The third kappa shape index (κ3) is 2.58. The Bertz CT molecular complexity index is 969. The highest BCUT2D eigenvalue weighted by atomic mass is 16.5. The molecule has 0 aliphatic rings. The monoisotopic (exact) mass is 316 g/mol. The summed E-state index contributed by atoms with van der Waals surface area (Å²) in [6.45, 7) is 0. The molecular formula is C17H12N6O. The lowest BCUT2D eigenvalue weighted by Crippen LogP contribution is -2.00. The normalized spacial score (nSPS) is 10.7. The van der Waals surface area contributed by atoms with E-state index in [0.717, 1.165) is 11.1 Å². The van der Waals surface area contributed by atoms with Gasteiger partial charge in [0.2, 0.25) is 5.82 Å². The van der Waals surface area contributed by atoms with Crippen molar-refractivity contribution in [1.29, 1.82) is 0 Å². The highest BCUT2D eigenvalue weighted by Gasteiger charge is 2.16. The molecule has 0 unspecified atom stereocenters. The van der Waals surface area contributed by atoms with Crippen LogP contribution in [-0.4, -0.2) is 25.1 Å². The van der Waals surface area contributed by atoms with Crippen molar-refractivity contribution in [3.05, 3.63) is 61.1 Å². The highest BCUT2D eigenvalue weighted by molar-refractivity contribution is 5.69. The van der Waals surface area contributed by atoms with Crippen LogP contribution in [0.5, 0.6) is 0 Å². The second-order valence-electron chi connectivity index (χ2n) is 5.01. The van der Waals surface area contributed by atoms with E-state index < -0.39 is 0 Å². The molecule has 4 aromatic rings. The summed E-state index contributed by atoms with van der Waals surface area (Å²) < 4.78 is 5.31. The molecule has 0 amide bonds. The largest absolute Gasteiger partial charge is 0.382 e. The van der Waals surface area contributed by atoms with Gasteiger partial charge in [-0.25, -0.2) is 9.97 Å². The number of hydrogen-bond donors (Lipinski definition) is 1. The van der Waals surface area contributed by atoms with E-state index in [4.69, 9.17) is 10.3 Å². The molecule has 0 spiro atoms. The van der Waals surface area contributed by atoms with Gasteiger partial charge in [0, 0.05) is 23.5 Å². The lowest BCUT2D eigenvalue weighted by atomic mass is 10.2. The molecule has 0 saturated heterocycles. The van der Waals surface area contributed by atoms with Crippen LogP contribution in [0.15, 0.2) is 65.6 Å². The third-order valence-corrected chi connectivity index (χ3v) is 3.44. The molecule has 3 aromatic heterocycles. The topological polar surface area (TPSA) is 104 Å². The SMILES string of the molecule is Nc1ncc(-c2ccncc2)nc1-c1noc(-c2ccccc2)n1. The van der Waals surface area contributed by atoms with Gasteiger partial charge in [-0.2, -0.15) is 4.98 Å². The summed E-state index contributed by atoms with van der Waals surface area (Å²) in [6, 6.07) is 13.2. The molecule has 0 radical (unpaired) electrons. The second-order valence-corrected chi connectivity index (χ2v) is 5.01. The van der Waals surface area contributed by atoms with Crippen molar-refractivity contribution >= 4 is 5.82 Å². The zero-order valence-electron chi connectivity index (χ0n) is 12.5. The third-order valence-electron chi connectivity index (χ3n) is 3.44. The molecule has 0 aliphatic carbocycles. The number of benzene rings is 1. The number of nitrogens with two attached hydrogens (primary N) is 1. The van der Waals surface area contributed by atoms with Gasteiger partial charge < -0.3 is 10.3 Å². The molecule has 3 heterocycles. The maximum Gasteiger partial charge on any atom is 0.258 e. The summed E-state index contributed by atoms with van der Waals surface area (Å²) in [5.41, 5.74) is 8.69. The number of nitrogens with zero attached hydrogens (tertiary/aromatic N) is 5. The Morgan fingerprint density at radius 2 is 1.67 bits per heavy atom. The fraction of sp³-hybridized carbons (Fsp3) is 0. The molecule has 0 bridgehead atoms. The number of aromatic nitrogens is 5. The molecule has 1 aromatic carbocycles. The van der Waals surface area contributed by atoms with Crippen LogP contribution in [0.1, 0.15) is 0 Å². The minimum atomic E-state index is 0.244. The second kappa shape index (κ2) is 5.88. The first kappa shape index (κ1) is 14.0. The molecular weight excluding hydrogens is 304 g/mol. The Morgan fingerprint density at radius 1 is 0.875 bits per heavy atom. The van der Waals surface area contributed by atoms with E-state index >= 15 is 0 Å². The van der Waals surface area contributed by atoms with E-state index in [-0.39, 0.29) is 5.82 Å². The Labute approximate surface area is 137 Å². The highest BCUT2D eigenvalue weighted by Crippen LogP contribution is 2.26. The fourth-order valence-electron chi connectivity index (χ4n) is 2.24. The van der Waals surface area contributed by atoms with Gasteiger partial charge in [0.15, 0.2) is 11.5 Å². The van der Waals surface area contributed by atoms with Crippen LogP contribution in [0.2, 0.25) is 0 Å². The lowest BCUT2D eigenvalue weighted by Gasteiger charge is -2.03. The molecule has 7 heteroatoms. The maximum atomic E-state index is 5.94. The Hall–Kier alpha value is -3.61. The molecule has 0 saturated carbocycles. The van der Waals surface area contributed by atoms with Gasteiger partial charge >= 0.3 is 0 Å². The van der Waals surface area contributed by atoms with Gasteiger partial charge in [-0.1, -0.05) is 23.4 Å². The lowest BCUT2D eigenvalue weighted by molar-refractivity contribution is 0.432. The van der Waals surface area contributed by atoms with Crippen LogP contribution in [0.25, 0.3) is 34.2 Å². The Morgan fingerprint density at radius 3 is 2.46 bits per heavy atom. The first-order valence-corrected chi connectivity index (χ1v) is 7.23. The molecule has 0 atom stereocenters. The summed E-state index contributed by atoms with van der Waals surface area (Å²) in [4.78, 5) is 17.1. The average molecular weight is 316 g/mol. The van der Waals surface area contributed by atoms with Crippen LogP contribution in [-0.2, 0) is 0 Å². The summed E-state index contributed by atoms with van der Waals surface area (Å²) in [6.07, 6.45) is 4.98. The van der Waals surface area contributed by atoms with Crippen molar-refractivity contribution in [2.24, 2.45) is 0 Å². The first-order chi connectivity index (χ1) is 11.8. The summed E-state index contributed by atoms with van der Waals surface area (Å²) >= 11 is 0. The smallest absolute Gasteiger partial charge is 0.258 e. The van der Waals surface area contributed by atoms with Crippen LogP contribution in [0.4, 0.5) is 5.82 Å². The summed E-state index contributed by atoms with van der Waals surface area (Å²) in [5.74, 6) is 0.948. The van der Waals surface area contributed by atoms with E-state index in [0.29, 0.717) is 23.1 Å². The maximum absolute atomic E-state index is 5.94. The number of pyridine rings is 1. The number of nitrogen functional groups attached to an aromatic ring is 1. The van der Waals surface area contributed by atoms with Crippen LogP contribution in [0.3, 0.4) is 0 Å². The zero-order valence-corrected chi connectivity index (χ0v) is 12.5. The predicted octanol–water partition coefficient (Wildman–Crippen LogP) is 2.84.